The van der Waals surface area contributed by atoms with Gasteiger partial charge < -0.3 is 10.2 Å². The second kappa shape index (κ2) is 8.76. The van der Waals surface area contributed by atoms with Crippen molar-refractivity contribution in [2.45, 2.75) is 52.1 Å². The Hall–Kier alpha value is -3.17. The Morgan fingerprint density at radius 3 is 2.41 bits per heavy atom. The maximum absolute atomic E-state index is 12.9. The molecule has 1 aliphatic heterocycles. The number of halogens is 3. The van der Waals surface area contributed by atoms with Crippen LogP contribution >= 0.6 is 0 Å². The highest BCUT2D eigenvalue weighted by Gasteiger charge is 2.37. The van der Waals surface area contributed by atoms with E-state index in [1.54, 1.807) is 13.8 Å². The highest BCUT2D eigenvalue weighted by atomic mass is 19.4. The van der Waals surface area contributed by atoms with Gasteiger partial charge in [0, 0.05) is 42.3 Å². The second-order valence-corrected chi connectivity index (χ2v) is 8.05. The van der Waals surface area contributed by atoms with E-state index in [9.17, 15) is 18.0 Å². The molecular weight excluding hydrogens is 421 g/mol. The maximum atomic E-state index is 12.9. The smallest absolute Gasteiger partial charge is 0.372 e. The Labute approximate surface area is 183 Å². The van der Waals surface area contributed by atoms with Crippen LogP contribution in [0, 0.1) is 13.8 Å². The van der Waals surface area contributed by atoms with Gasteiger partial charge in [-0.3, -0.25) is 4.79 Å². The molecule has 4 rings (SSSR count). The van der Waals surface area contributed by atoms with Crippen LogP contribution in [0.1, 0.15) is 48.5 Å². The zero-order chi connectivity index (χ0) is 22.9. The number of amides is 1. The van der Waals surface area contributed by atoms with Crippen LogP contribution in [0.2, 0.25) is 0 Å². The summed E-state index contributed by atoms with van der Waals surface area (Å²) in [5.74, 6) is -1.51. The zero-order valence-corrected chi connectivity index (χ0v) is 18.0. The Morgan fingerprint density at radius 1 is 1.06 bits per heavy atom. The molecule has 0 radical (unpaired) electrons. The van der Waals surface area contributed by atoms with Gasteiger partial charge in [0.25, 0.3) is 11.6 Å². The van der Waals surface area contributed by atoms with E-state index in [4.69, 9.17) is 0 Å². The van der Waals surface area contributed by atoms with Gasteiger partial charge in [-0.05, 0) is 69.4 Å². The molecule has 32 heavy (non-hydrogen) atoms. The number of piperidine rings is 1. The van der Waals surface area contributed by atoms with Crippen molar-refractivity contribution in [3.63, 3.8) is 0 Å². The van der Waals surface area contributed by atoms with Crippen LogP contribution in [0.15, 0.2) is 24.3 Å². The lowest BCUT2D eigenvalue weighted by atomic mass is 10.1. The fraction of sp³-hybridized carbons (Fsp3) is 0.455. The van der Waals surface area contributed by atoms with Crippen molar-refractivity contribution in [1.29, 1.82) is 0 Å². The van der Waals surface area contributed by atoms with Gasteiger partial charge in [0.1, 0.15) is 0 Å². The molecule has 3 aromatic rings. The number of carbonyl (C=O) groups is 1. The largest absolute Gasteiger partial charge is 0.453 e. The van der Waals surface area contributed by atoms with E-state index in [0.29, 0.717) is 29.1 Å². The maximum Gasteiger partial charge on any atom is 0.453 e. The van der Waals surface area contributed by atoms with Gasteiger partial charge in [0.15, 0.2) is 0 Å². The lowest BCUT2D eigenvalue weighted by molar-refractivity contribution is -0.144. The summed E-state index contributed by atoms with van der Waals surface area (Å²) in [6, 6.07) is 7.80. The molecule has 2 aromatic heterocycles. The number of benzene rings is 1. The molecule has 170 valence electrons. The monoisotopic (exact) mass is 446 g/mol. The summed E-state index contributed by atoms with van der Waals surface area (Å²) in [5, 5.41) is 6.42. The van der Waals surface area contributed by atoms with E-state index >= 15 is 0 Å². The van der Waals surface area contributed by atoms with Gasteiger partial charge in [-0.15, -0.1) is 5.10 Å². The Kier molecular flexibility index (Phi) is 6.03. The van der Waals surface area contributed by atoms with Gasteiger partial charge in [0.05, 0.1) is 0 Å². The molecule has 0 spiro atoms. The third-order valence-electron chi connectivity index (χ3n) is 5.78. The molecule has 1 amide bonds. The van der Waals surface area contributed by atoms with E-state index in [2.05, 4.69) is 25.3 Å². The normalized spacial score (nSPS) is 14.7. The van der Waals surface area contributed by atoms with Crippen molar-refractivity contribution in [3.05, 3.63) is 47.0 Å². The van der Waals surface area contributed by atoms with Crippen LogP contribution in [0.5, 0.6) is 0 Å². The molecule has 1 saturated heterocycles. The zero-order valence-electron chi connectivity index (χ0n) is 18.0. The molecule has 7 nitrogen and oxygen atoms in total. The summed E-state index contributed by atoms with van der Waals surface area (Å²) in [5.41, 5.74) is 3.58. The number of hydrogen-bond acceptors (Lipinski definition) is 5. The van der Waals surface area contributed by atoms with Gasteiger partial charge in [0.2, 0.25) is 5.91 Å². The van der Waals surface area contributed by atoms with E-state index in [1.165, 1.54) is 19.3 Å². The number of fused-ring (bicyclic) bond motifs is 1. The first-order valence-electron chi connectivity index (χ1n) is 10.7. The number of rotatable bonds is 5. The van der Waals surface area contributed by atoms with Crippen molar-refractivity contribution >= 4 is 23.1 Å². The van der Waals surface area contributed by atoms with Gasteiger partial charge in [-0.1, -0.05) is 0 Å². The highest BCUT2D eigenvalue weighted by Crippen LogP contribution is 2.27. The first-order chi connectivity index (χ1) is 15.2. The molecule has 0 atom stereocenters. The topological polar surface area (TPSA) is 75.4 Å². The van der Waals surface area contributed by atoms with Crippen molar-refractivity contribution in [1.82, 2.24) is 19.6 Å². The minimum Gasteiger partial charge on any atom is -0.372 e. The first-order valence-corrected chi connectivity index (χ1v) is 10.7. The summed E-state index contributed by atoms with van der Waals surface area (Å²) in [6.45, 7) is 5.46. The van der Waals surface area contributed by atoms with Crippen molar-refractivity contribution in [2.24, 2.45) is 0 Å². The fourth-order valence-electron chi connectivity index (χ4n) is 4.06. The van der Waals surface area contributed by atoms with Crippen LogP contribution in [0.25, 0.3) is 5.78 Å². The second-order valence-electron chi connectivity index (χ2n) is 8.05. The van der Waals surface area contributed by atoms with Gasteiger partial charge in [-0.2, -0.15) is 18.2 Å². The van der Waals surface area contributed by atoms with Crippen LogP contribution in [-0.2, 0) is 17.4 Å². The summed E-state index contributed by atoms with van der Waals surface area (Å²) < 4.78 is 39.9. The molecule has 1 aromatic carbocycles. The number of nitrogens with zero attached hydrogens (tertiary/aromatic N) is 5. The quantitative estimate of drug-likeness (QED) is 0.632. The molecule has 0 unspecified atom stereocenters. The third-order valence-corrected chi connectivity index (χ3v) is 5.78. The predicted molar refractivity (Wildman–Crippen MR) is 115 cm³/mol. The lowest BCUT2D eigenvalue weighted by Crippen LogP contribution is -2.29. The number of aromatic nitrogens is 4. The summed E-state index contributed by atoms with van der Waals surface area (Å²) >= 11 is 0. The molecule has 1 N–H and O–H groups in total. The van der Waals surface area contributed by atoms with E-state index in [1.807, 2.05) is 24.3 Å². The number of aryl methyl sites for hydroxylation is 2. The minimum absolute atomic E-state index is 0.102. The molecular formula is C22H25F3N6O. The minimum atomic E-state index is -4.64. The van der Waals surface area contributed by atoms with E-state index in [-0.39, 0.29) is 18.1 Å². The number of alkyl halides is 3. The predicted octanol–water partition coefficient (Wildman–Crippen LogP) is 4.32. The molecule has 0 saturated carbocycles. The Bertz CT molecular complexity index is 1120. The molecule has 0 bridgehead atoms. The Morgan fingerprint density at radius 2 is 1.75 bits per heavy atom. The average Bonchev–Trinajstić information content (AvgIpc) is 3.19. The number of hydrogen-bond donors (Lipinski definition) is 1. The number of carbonyl (C=O) groups excluding carboxylic acids is 1. The summed E-state index contributed by atoms with van der Waals surface area (Å²) in [6.07, 6.45) is -0.471. The van der Waals surface area contributed by atoms with Gasteiger partial charge >= 0.3 is 6.18 Å². The van der Waals surface area contributed by atoms with E-state index in [0.717, 1.165) is 23.3 Å². The lowest BCUT2D eigenvalue weighted by Gasteiger charge is -2.28. The first kappa shape index (κ1) is 22.0. The standard InChI is InChI=1S/C22H25F3N6O/c1-14-18(15(2)31-21(26-14)28-20(29-31)22(23,24)25)10-11-19(32)27-16-6-8-17(9-7-16)30-12-4-3-5-13-30/h6-9H,3-5,10-13H2,1-2H3,(H,27,32). The van der Waals surface area contributed by atoms with Crippen molar-refractivity contribution in [3.8, 4) is 0 Å². The van der Waals surface area contributed by atoms with Crippen LogP contribution in [0.4, 0.5) is 24.5 Å². The highest BCUT2D eigenvalue weighted by molar-refractivity contribution is 5.91. The van der Waals surface area contributed by atoms with Crippen LogP contribution in [-0.4, -0.2) is 38.6 Å². The summed E-state index contributed by atoms with van der Waals surface area (Å²) in [4.78, 5) is 22.4. The van der Waals surface area contributed by atoms with Crippen molar-refractivity contribution in [2.75, 3.05) is 23.3 Å². The molecule has 0 aliphatic carbocycles. The van der Waals surface area contributed by atoms with Gasteiger partial charge in [-0.25, -0.2) is 9.50 Å². The van der Waals surface area contributed by atoms with Crippen molar-refractivity contribution < 1.29 is 18.0 Å². The van der Waals surface area contributed by atoms with Crippen LogP contribution in [0.3, 0.4) is 0 Å². The average molecular weight is 446 g/mol. The van der Waals surface area contributed by atoms with E-state index < -0.39 is 12.0 Å². The summed E-state index contributed by atoms with van der Waals surface area (Å²) in [7, 11) is 0. The SMILES string of the molecule is Cc1nc2nc(C(F)(F)F)nn2c(C)c1CCC(=O)Nc1ccc(N2CCCCC2)cc1. The number of anilines is 2. The molecule has 3 heterocycles. The number of nitrogens with one attached hydrogen (secondary N) is 1. The molecule has 1 aliphatic rings. The fourth-order valence-corrected chi connectivity index (χ4v) is 4.06. The Balaban J connectivity index is 1.41. The third kappa shape index (κ3) is 4.68. The molecule has 10 heteroatoms. The van der Waals surface area contributed by atoms with Crippen LogP contribution < -0.4 is 10.2 Å². The molecule has 1 fully saturated rings.